The van der Waals surface area contributed by atoms with Crippen molar-refractivity contribution in [3.63, 3.8) is 0 Å². The van der Waals surface area contributed by atoms with Crippen molar-refractivity contribution in [3.8, 4) is 0 Å². The highest BCUT2D eigenvalue weighted by Gasteiger charge is 2.43. The van der Waals surface area contributed by atoms with Crippen LogP contribution in [0.1, 0.15) is 101 Å². The molecule has 0 aliphatic carbocycles. The van der Waals surface area contributed by atoms with Gasteiger partial charge in [0, 0.05) is 33.7 Å². The molecule has 2 saturated heterocycles. The first kappa shape index (κ1) is 49.1. The number of aryl methyl sites for hydroxylation is 2. The lowest BCUT2D eigenvalue weighted by atomic mass is 10.1. The highest BCUT2D eigenvalue weighted by atomic mass is 32.2. The Morgan fingerprint density at radius 3 is 1.46 bits per heavy atom. The number of carboxylic acids is 1. The summed E-state index contributed by atoms with van der Waals surface area (Å²) in [4.78, 5) is 51.3. The van der Waals surface area contributed by atoms with Crippen molar-refractivity contribution < 1.29 is 53.0 Å². The number of amides is 2. The molecule has 0 bridgehead atoms. The standard InChI is InChI=1S/C21H31NO6S.C19H27NO5.C2H6.CH4/c1-21(2,3)28-20(24)22-14-17(13-18(22)19(23)15-29(4,25)26)27-12-8-11-16-9-6-5-7-10-16;1-19(2,3)25-18(23)20-13-15(12-16(20)17(21)22)24-11-7-10-14-8-5-4-6-9-14;1-2;/h5-7,9-10,17-18H,8,11-15H2,1-4H3;4-6,8-9,15-16H,7,10-13H2,1-3H3,(H,21,22);1-2H3;1H4/t17-,18-;15-,16-;;/m00../s1/i;;1D;. The summed E-state index contributed by atoms with van der Waals surface area (Å²) in [7, 11) is -3.48. The Balaban J connectivity index is 0.000000539. The molecule has 0 saturated carbocycles. The number of sulfone groups is 1. The van der Waals surface area contributed by atoms with Crippen LogP contribution in [0.4, 0.5) is 9.59 Å². The summed E-state index contributed by atoms with van der Waals surface area (Å²) in [5.41, 5.74) is 1.10. The fraction of sp³-hybridized carbons (Fsp3) is 0.628. The third-order valence-corrected chi connectivity index (χ3v) is 9.26. The predicted octanol–water partition coefficient (Wildman–Crippen LogP) is 7.39. The minimum Gasteiger partial charge on any atom is -0.480 e. The van der Waals surface area contributed by atoms with Crippen LogP contribution in [-0.4, -0.2) is 121 Å². The summed E-state index contributed by atoms with van der Waals surface area (Å²) in [5, 5.41) is 9.36. The van der Waals surface area contributed by atoms with Crippen LogP contribution in [0.2, 0.25) is 0 Å². The maximum atomic E-state index is 12.5. The Morgan fingerprint density at radius 1 is 0.737 bits per heavy atom. The molecule has 2 aromatic rings. The van der Waals surface area contributed by atoms with Crippen LogP contribution in [0.3, 0.4) is 0 Å². The summed E-state index contributed by atoms with van der Waals surface area (Å²) in [6, 6.07) is 18.4. The van der Waals surface area contributed by atoms with Gasteiger partial charge in [-0.25, -0.2) is 22.8 Å². The Kier molecular flexibility index (Phi) is 20.7. The summed E-state index contributed by atoms with van der Waals surface area (Å²) < 4.78 is 51.7. The van der Waals surface area contributed by atoms with Gasteiger partial charge in [0.15, 0.2) is 15.6 Å². The van der Waals surface area contributed by atoms with E-state index in [1.807, 2.05) is 36.4 Å². The van der Waals surface area contributed by atoms with Crippen molar-refractivity contribution >= 4 is 33.8 Å². The van der Waals surface area contributed by atoms with E-state index in [1.165, 1.54) is 20.9 Å². The predicted molar refractivity (Wildman–Crippen MR) is 222 cm³/mol. The van der Waals surface area contributed by atoms with Crippen molar-refractivity contribution in [2.75, 3.05) is 38.3 Å². The van der Waals surface area contributed by atoms with Gasteiger partial charge in [-0.05, 0) is 78.4 Å². The van der Waals surface area contributed by atoms with Crippen molar-refractivity contribution in [1.82, 2.24) is 9.80 Å². The Morgan fingerprint density at radius 2 is 1.11 bits per heavy atom. The van der Waals surface area contributed by atoms with Gasteiger partial charge < -0.3 is 24.1 Å². The fourth-order valence-corrected chi connectivity index (χ4v) is 6.83. The van der Waals surface area contributed by atoms with Crippen molar-refractivity contribution in [2.45, 2.75) is 137 Å². The number of ether oxygens (including phenoxy) is 4. The molecule has 0 spiro atoms. The van der Waals surface area contributed by atoms with Crippen LogP contribution in [0.5, 0.6) is 0 Å². The Labute approximate surface area is 342 Å². The molecule has 14 heteroatoms. The molecule has 13 nitrogen and oxygen atoms in total. The first-order valence-corrected chi connectivity index (χ1v) is 21.2. The monoisotopic (exact) mass is 821 g/mol. The SMILES string of the molecule is C.CC(C)(C)OC(=O)N1C[C@@H](OCCCc2ccccc2)C[C@H]1C(=O)CS(C)(=O)=O.CC(C)(C)OC(=O)N1C[C@@H](OCCCc2ccccc2)C[C@H]1C(=O)O.[2H]CC. The number of likely N-dealkylation sites (tertiary alicyclic amines) is 2. The molecule has 1 N–H and O–H groups in total. The van der Waals surface area contributed by atoms with Crippen molar-refractivity contribution in [1.29, 1.82) is 0 Å². The van der Waals surface area contributed by atoms with E-state index in [1.54, 1.807) is 48.5 Å². The second-order valence-corrected chi connectivity index (χ2v) is 17.9. The molecular formula is C43H68N2O11S. The smallest absolute Gasteiger partial charge is 0.411 e. The lowest BCUT2D eigenvalue weighted by molar-refractivity contribution is -0.142. The van der Waals surface area contributed by atoms with Crippen LogP contribution in [0.25, 0.3) is 0 Å². The lowest BCUT2D eigenvalue weighted by Crippen LogP contribution is -2.45. The highest BCUT2D eigenvalue weighted by molar-refractivity contribution is 7.91. The molecule has 2 aliphatic rings. The molecule has 0 radical (unpaired) electrons. The molecule has 2 heterocycles. The van der Waals surface area contributed by atoms with Gasteiger partial charge in [-0.2, -0.15) is 0 Å². The maximum absolute atomic E-state index is 12.5. The number of benzene rings is 2. The van der Waals surface area contributed by atoms with Crippen LogP contribution < -0.4 is 0 Å². The number of Topliss-reactive ketones (excluding diaryl/α,β-unsaturated/α-hetero) is 1. The van der Waals surface area contributed by atoms with E-state index in [2.05, 4.69) is 24.3 Å². The summed E-state index contributed by atoms with van der Waals surface area (Å²) in [6.07, 6.45) is 3.20. The van der Waals surface area contributed by atoms with E-state index in [0.717, 1.165) is 31.9 Å². The molecule has 2 aliphatic heterocycles. The van der Waals surface area contributed by atoms with Crippen LogP contribution in [0, 0.1) is 0 Å². The number of hydrogen-bond acceptors (Lipinski definition) is 10. The van der Waals surface area contributed by atoms with Gasteiger partial charge in [0.2, 0.25) is 0 Å². The van der Waals surface area contributed by atoms with Crippen LogP contribution in [-0.2, 0) is 51.2 Å². The maximum Gasteiger partial charge on any atom is 0.411 e. The fourth-order valence-electron chi connectivity index (χ4n) is 6.12. The number of aliphatic carboxylic acids is 1. The molecule has 4 atom stereocenters. The van der Waals surface area contributed by atoms with E-state index in [-0.39, 0.29) is 39.1 Å². The quantitative estimate of drug-likeness (QED) is 0.189. The minimum atomic E-state index is -3.48. The number of carboxylic acid groups (broad SMARTS) is 1. The first-order chi connectivity index (χ1) is 26.6. The van der Waals surface area contributed by atoms with Gasteiger partial charge in [0.05, 0.1) is 31.3 Å². The van der Waals surface area contributed by atoms with Crippen molar-refractivity contribution in [2.24, 2.45) is 0 Å². The zero-order valence-corrected chi connectivity index (χ0v) is 35.2. The molecule has 0 unspecified atom stereocenters. The zero-order valence-electron chi connectivity index (χ0n) is 35.4. The summed E-state index contributed by atoms with van der Waals surface area (Å²) >= 11 is 0. The van der Waals surface area contributed by atoms with Crippen LogP contribution in [0.15, 0.2) is 60.7 Å². The molecule has 2 amide bonds. The average molecular weight is 822 g/mol. The average Bonchev–Trinajstić information content (AvgIpc) is 3.74. The van der Waals surface area contributed by atoms with E-state index in [9.17, 15) is 32.7 Å². The third kappa shape index (κ3) is 19.8. The van der Waals surface area contributed by atoms with Gasteiger partial charge in [-0.15, -0.1) is 0 Å². The van der Waals surface area contributed by atoms with Gasteiger partial charge in [-0.3, -0.25) is 14.6 Å². The summed E-state index contributed by atoms with van der Waals surface area (Å²) in [6.45, 7) is 14.3. The minimum absolute atomic E-state index is 0. The summed E-state index contributed by atoms with van der Waals surface area (Å²) in [5.74, 6) is -2.13. The van der Waals surface area contributed by atoms with E-state index < -0.39 is 62.8 Å². The van der Waals surface area contributed by atoms with Crippen molar-refractivity contribution in [3.05, 3.63) is 71.8 Å². The second kappa shape index (κ2) is 24.0. The number of nitrogens with zero attached hydrogens (tertiary/aromatic N) is 2. The van der Waals surface area contributed by atoms with Gasteiger partial charge in [0.25, 0.3) is 0 Å². The number of hydrogen-bond donors (Lipinski definition) is 1. The molecule has 4 rings (SSSR count). The number of ketones is 1. The second-order valence-electron chi connectivity index (χ2n) is 15.8. The third-order valence-electron chi connectivity index (χ3n) is 8.45. The molecule has 2 aromatic carbocycles. The number of rotatable bonds is 14. The lowest BCUT2D eigenvalue weighted by Gasteiger charge is -2.27. The normalized spacial score (nSPS) is 19.5. The number of carbonyl (C=O) groups excluding carboxylic acids is 3. The molecule has 322 valence electrons. The zero-order chi connectivity index (χ0) is 42.8. The van der Waals surface area contributed by atoms with E-state index in [0.29, 0.717) is 26.5 Å². The molecular weight excluding hydrogens is 753 g/mol. The number of carbonyl (C=O) groups is 4. The van der Waals surface area contributed by atoms with Gasteiger partial charge >= 0.3 is 18.2 Å². The molecule has 57 heavy (non-hydrogen) atoms. The topological polar surface area (TPSA) is 166 Å². The van der Waals surface area contributed by atoms with Crippen LogP contribution >= 0.6 is 0 Å². The van der Waals surface area contributed by atoms with E-state index in [4.69, 9.17) is 20.3 Å². The molecule has 0 aromatic heterocycles. The Bertz CT molecular complexity index is 1650. The Hall–Kier alpha value is -4.01. The first-order valence-electron chi connectivity index (χ1n) is 19.9. The van der Waals surface area contributed by atoms with E-state index >= 15 is 0 Å². The highest BCUT2D eigenvalue weighted by Crippen LogP contribution is 2.26. The largest absolute Gasteiger partial charge is 0.480 e. The van der Waals surface area contributed by atoms with Gasteiger partial charge in [-0.1, -0.05) is 81.9 Å². The molecule has 2 fully saturated rings. The van der Waals surface area contributed by atoms with Gasteiger partial charge in [0.1, 0.15) is 23.0 Å².